The fourth-order valence-electron chi connectivity index (χ4n) is 2.05. The molecule has 1 atom stereocenters. The van der Waals surface area contributed by atoms with Crippen molar-refractivity contribution in [1.29, 1.82) is 0 Å². The van der Waals surface area contributed by atoms with E-state index in [2.05, 4.69) is 18.6 Å². The molecular weight excluding hydrogens is 302 g/mol. The van der Waals surface area contributed by atoms with Gasteiger partial charge in [-0.25, -0.2) is 17.9 Å². The third-order valence-electron chi connectivity index (χ3n) is 3.72. The Morgan fingerprint density at radius 3 is 2.55 bits per heavy atom. The molecule has 1 aromatic carbocycles. The van der Waals surface area contributed by atoms with Crippen LogP contribution in [0.3, 0.4) is 0 Å². The number of nitrogens with one attached hydrogen (secondary N) is 1. The molecule has 7 heteroatoms. The van der Waals surface area contributed by atoms with Crippen LogP contribution < -0.4 is 4.72 Å². The Kier molecular flexibility index (Phi) is 3.83. The highest BCUT2D eigenvalue weighted by Gasteiger charge is 2.45. The van der Waals surface area contributed by atoms with Crippen LogP contribution >= 0.6 is 11.6 Å². The second-order valence-corrected chi connectivity index (χ2v) is 7.86. The van der Waals surface area contributed by atoms with E-state index in [0.29, 0.717) is 12.5 Å². The minimum absolute atomic E-state index is 0.0223. The van der Waals surface area contributed by atoms with Crippen molar-refractivity contribution in [2.24, 2.45) is 11.3 Å². The number of carboxylic acids is 1. The number of benzene rings is 1. The summed E-state index contributed by atoms with van der Waals surface area (Å²) in [7, 11) is -3.66. The number of aromatic carboxylic acids is 1. The third kappa shape index (κ3) is 3.13. The van der Waals surface area contributed by atoms with Crippen LogP contribution in [0, 0.1) is 11.3 Å². The molecule has 0 heterocycles. The number of halogens is 1. The molecule has 1 aromatic rings. The van der Waals surface area contributed by atoms with E-state index in [1.165, 1.54) is 12.1 Å². The van der Waals surface area contributed by atoms with Crippen molar-refractivity contribution in [3.8, 4) is 0 Å². The zero-order chi connectivity index (χ0) is 15.1. The van der Waals surface area contributed by atoms with Gasteiger partial charge in [-0.2, -0.15) is 0 Å². The molecule has 0 amide bonds. The first kappa shape index (κ1) is 15.3. The summed E-state index contributed by atoms with van der Waals surface area (Å²) in [4.78, 5) is 10.8. The molecule has 2 N–H and O–H groups in total. The molecule has 0 saturated heterocycles. The van der Waals surface area contributed by atoms with Gasteiger partial charge in [0, 0.05) is 6.54 Å². The van der Waals surface area contributed by atoms with E-state index in [1.54, 1.807) is 0 Å². The van der Waals surface area contributed by atoms with Crippen LogP contribution in [0.15, 0.2) is 23.1 Å². The van der Waals surface area contributed by atoms with Crippen molar-refractivity contribution in [1.82, 2.24) is 4.72 Å². The molecule has 0 bridgehead atoms. The van der Waals surface area contributed by atoms with Gasteiger partial charge in [0.05, 0.1) is 15.5 Å². The number of rotatable bonds is 5. The minimum Gasteiger partial charge on any atom is -0.478 e. The molecule has 0 spiro atoms. The average molecular weight is 318 g/mol. The normalized spacial score (nSPS) is 20.6. The molecule has 2 rings (SSSR count). The van der Waals surface area contributed by atoms with Gasteiger partial charge in [-0.15, -0.1) is 0 Å². The Hall–Kier alpha value is -1.11. The van der Waals surface area contributed by atoms with Crippen LogP contribution in [0.25, 0.3) is 0 Å². The highest BCUT2D eigenvalue weighted by Crippen LogP contribution is 2.51. The first-order chi connectivity index (χ1) is 9.13. The fraction of sp³-hybridized carbons (Fsp3) is 0.462. The van der Waals surface area contributed by atoms with Crippen LogP contribution in [-0.4, -0.2) is 26.0 Å². The molecule has 110 valence electrons. The third-order valence-corrected chi connectivity index (χ3v) is 5.45. The number of sulfonamides is 1. The molecule has 1 fully saturated rings. The Labute approximate surface area is 123 Å². The number of carboxylic acid groups (broad SMARTS) is 1. The van der Waals surface area contributed by atoms with Gasteiger partial charge in [-0.05, 0) is 36.0 Å². The van der Waals surface area contributed by atoms with Gasteiger partial charge < -0.3 is 5.11 Å². The van der Waals surface area contributed by atoms with Crippen molar-refractivity contribution in [2.45, 2.75) is 25.2 Å². The molecule has 1 saturated carbocycles. The van der Waals surface area contributed by atoms with Crippen LogP contribution in [0.1, 0.15) is 30.6 Å². The summed E-state index contributed by atoms with van der Waals surface area (Å²) in [5.41, 5.74) is 0.0711. The molecule has 5 nitrogen and oxygen atoms in total. The van der Waals surface area contributed by atoms with Crippen molar-refractivity contribution in [3.63, 3.8) is 0 Å². The van der Waals surface area contributed by atoms with Crippen LogP contribution in [-0.2, 0) is 10.0 Å². The summed E-state index contributed by atoms with van der Waals surface area (Å²) >= 11 is 5.78. The average Bonchev–Trinajstić information content (AvgIpc) is 2.94. The number of carbonyl (C=O) groups is 1. The topological polar surface area (TPSA) is 83.5 Å². The number of hydrogen-bond donors (Lipinski definition) is 2. The molecule has 0 aliphatic heterocycles. The summed E-state index contributed by atoms with van der Waals surface area (Å²) in [6.45, 7) is 4.56. The molecule has 1 aliphatic rings. The van der Waals surface area contributed by atoms with Crippen molar-refractivity contribution in [3.05, 3.63) is 28.8 Å². The summed E-state index contributed by atoms with van der Waals surface area (Å²) < 4.78 is 26.7. The van der Waals surface area contributed by atoms with E-state index in [4.69, 9.17) is 16.7 Å². The Bertz CT molecular complexity index is 654. The van der Waals surface area contributed by atoms with Gasteiger partial charge in [0.2, 0.25) is 10.0 Å². The minimum atomic E-state index is -3.66. The molecule has 0 aromatic heterocycles. The fourth-order valence-corrected chi connectivity index (χ4v) is 3.49. The van der Waals surface area contributed by atoms with E-state index in [-0.39, 0.29) is 20.9 Å². The second kappa shape index (κ2) is 5.02. The molecular formula is C13H16ClNO4S. The maximum Gasteiger partial charge on any atom is 0.337 e. The molecule has 20 heavy (non-hydrogen) atoms. The smallest absolute Gasteiger partial charge is 0.337 e. The zero-order valence-corrected chi connectivity index (χ0v) is 12.8. The first-order valence-corrected chi connectivity index (χ1v) is 8.02. The van der Waals surface area contributed by atoms with Gasteiger partial charge in [0.15, 0.2) is 0 Å². The largest absolute Gasteiger partial charge is 0.478 e. The predicted molar refractivity (Wildman–Crippen MR) is 75.5 cm³/mol. The van der Waals surface area contributed by atoms with Crippen LogP contribution in [0.2, 0.25) is 5.02 Å². The van der Waals surface area contributed by atoms with Crippen LogP contribution in [0.4, 0.5) is 0 Å². The van der Waals surface area contributed by atoms with Crippen molar-refractivity contribution < 1.29 is 18.3 Å². The number of hydrogen-bond acceptors (Lipinski definition) is 3. The van der Waals surface area contributed by atoms with Crippen molar-refractivity contribution in [2.75, 3.05) is 6.54 Å². The standard InChI is InChI=1S/C13H16ClNO4S/c1-13(2)6-8(13)7-15-20(18,19)9-3-4-10(12(16)17)11(14)5-9/h3-5,8,15H,6-7H2,1-2H3,(H,16,17). The lowest BCUT2D eigenvalue weighted by Crippen LogP contribution is -2.27. The van der Waals surface area contributed by atoms with E-state index in [1.807, 2.05) is 0 Å². The van der Waals surface area contributed by atoms with Crippen molar-refractivity contribution >= 4 is 27.6 Å². The summed E-state index contributed by atoms with van der Waals surface area (Å²) in [6, 6.07) is 3.60. The molecule has 0 radical (unpaired) electrons. The predicted octanol–water partition coefficient (Wildman–Crippen LogP) is 2.36. The molecule has 1 unspecified atom stereocenters. The summed E-state index contributed by atoms with van der Waals surface area (Å²) in [5.74, 6) is -0.849. The highest BCUT2D eigenvalue weighted by molar-refractivity contribution is 7.89. The first-order valence-electron chi connectivity index (χ1n) is 6.16. The lowest BCUT2D eigenvalue weighted by Gasteiger charge is -2.09. The van der Waals surface area contributed by atoms with Gasteiger partial charge in [-0.1, -0.05) is 25.4 Å². The van der Waals surface area contributed by atoms with E-state index < -0.39 is 16.0 Å². The van der Waals surface area contributed by atoms with Gasteiger partial charge >= 0.3 is 5.97 Å². The maximum absolute atomic E-state index is 12.1. The van der Waals surface area contributed by atoms with Crippen LogP contribution in [0.5, 0.6) is 0 Å². The Morgan fingerprint density at radius 1 is 1.50 bits per heavy atom. The molecule has 1 aliphatic carbocycles. The van der Waals surface area contributed by atoms with Gasteiger partial charge in [0.25, 0.3) is 0 Å². The van der Waals surface area contributed by atoms with E-state index >= 15 is 0 Å². The maximum atomic E-state index is 12.1. The van der Waals surface area contributed by atoms with E-state index in [0.717, 1.165) is 12.5 Å². The summed E-state index contributed by atoms with van der Waals surface area (Å²) in [6.07, 6.45) is 0.994. The SMILES string of the molecule is CC1(C)CC1CNS(=O)(=O)c1ccc(C(=O)O)c(Cl)c1. The Balaban J connectivity index is 2.13. The quantitative estimate of drug-likeness (QED) is 0.873. The zero-order valence-electron chi connectivity index (χ0n) is 11.2. The second-order valence-electron chi connectivity index (χ2n) is 5.69. The lowest BCUT2D eigenvalue weighted by molar-refractivity contribution is 0.0697. The summed E-state index contributed by atoms with van der Waals surface area (Å²) in [5, 5.41) is 8.76. The van der Waals surface area contributed by atoms with Gasteiger partial charge in [0.1, 0.15) is 0 Å². The Morgan fingerprint density at radius 2 is 2.10 bits per heavy atom. The van der Waals surface area contributed by atoms with Gasteiger partial charge in [-0.3, -0.25) is 0 Å². The monoisotopic (exact) mass is 317 g/mol. The lowest BCUT2D eigenvalue weighted by atomic mass is 10.1. The highest BCUT2D eigenvalue weighted by atomic mass is 35.5. The van der Waals surface area contributed by atoms with E-state index in [9.17, 15) is 13.2 Å².